The van der Waals surface area contributed by atoms with E-state index in [1.54, 1.807) is 24.3 Å². The normalized spacial score (nSPS) is 10.0. The number of hydrogen-bond acceptors (Lipinski definition) is 4. The molecule has 4 nitrogen and oxygen atoms in total. The third kappa shape index (κ3) is 5.24. The molecule has 0 fully saturated rings. The molecule has 0 aliphatic rings. The van der Waals surface area contributed by atoms with Crippen molar-refractivity contribution >= 4 is 65.3 Å². The first-order chi connectivity index (χ1) is 13.4. The summed E-state index contributed by atoms with van der Waals surface area (Å²) < 4.78 is 1.55. The Balaban J connectivity index is 0.000000200. The van der Waals surface area contributed by atoms with Crippen LogP contribution in [0.5, 0.6) is 0 Å². The average Bonchev–Trinajstić information content (AvgIpc) is 2.68. The fourth-order valence-electron chi connectivity index (χ4n) is 2.93. The van der Waals surface area contributed by atoms with Gasteiger partial charge in [0.05, 0.1) is 11.9 Å². The molecule has 0 saturated carbocycles. The Morgan fingerprint density at radius 2 is 0.897 bits per heavy atom. The molecule has 0 bridgehead atoms. The van der Waals surface area contributed by atoms with Gasteiger partial charge in [-0.05, 0) is 22.9 Å². The maximum atomic E-state index is 10.8. The van der Waals surface area contributed by atoms with Crippen LogP contribution < -0.4 is 10.2 Å². The van der Waals surface area contributed by atoms with E-state index in [1.807, 2.05) is 48.5 Å². The Morgan fingerprint density at radius 3 is 1.21 bits per heavy atom. The van der Waals surface area contributed by atoms with Crippen LogP contribution in [-0.4, -0.2) is 11.9 Å². The van der Waals surface area contributed by atoms with Crippen LogP contribution in [0.3, 0.4) is 0 Å². The van der Waals surface area contributed by atoms with E-state index in [4.69, 9.17) is 0 Å². The molecule has 140 valence electrons. The Bertz CT molecular complexity index is 1100. The average molecular weight is 701 g/mol. The van der Waals surface area contributed by atoms with E-state index in [-0.39, 0.29) is 38.8 Å². The Hall–Kier alpha value is -1.76. The predicted octanol–water partition coefficient (Wildman–Crippen LogP) is 3.93. The van der Waals surface area contributed by atoms with Crippen molar-refractivity contribution in [2.24, 2.45) is 0 Å². The van der Waals surface area contributed by atoms with E-state index < -0.39 is 11.9 Å². The van der Waals surface area contributed by atoms with Crippen molar-refractivity contribution in [3.63, 3.8) is 0 Å². The first-order valence-electron chi connectivity index (χ1n) is 8.17. The summed E-state index contributed by atoms with van der Waals surface area (Å²) in [5.74, 6) is -2.30. The van der Waals surface area contributed by atoms with Crippen LogP contribution in [-0.2, 0) is 27.7 Å². The fraction of sp³-hybridized carbons (Fsp3) is 0. The Kier molecular flexibility index (Phi) is 8.37. The van der Waals surface area contributed by atoms with Crippen molar-refractivity contribution in [1.29, 1.82) is 0 Å². The zero-order valence-corrected chi connectivity index (χ0v) is 23.7. The van der Waals surface area contributed by atoms with Crippen LogP contribution in [0.25, 0.3) is 21.5 Å². The summed E-state index contributed by atoms with van der Waals surface area (Å²) in [5, 5.41) is 24.8. The number of carbonyl (C=O) groups excluding carboxylic acids is 2. The molecule has 0 unspecified atom stereocenters. The van der Waals surface area contributed by atoms with Gasteiger partial charge in [-0.1, -0.05) is 92.5 Å². The van der Waals surface area contributed by atoms with E-state index in [0.29, 0.717) is 10.8 Å². The zero-order valence-electron chi connectivity index (χ0n) is 15.0. The second-order valence-corrected chi connectivity index (χ2v) is 7.57. The molecule has 0 N–H and O–H groups in total. The molecule has 0 atom stereocenters. The maximum Gasteiger partial charge on any atom is 2.00 e. The van der Waals surface area contributed by atoms with Gasteiger partial charge in [-0.2, -0.15) is 0 Å². The van der Waals surface area contributed by atoms with Gasteiger partial charge in [-0.25, -0.2) is 0 Å². The first-order valence-corrected chi connectivity index (χ1v) is 9.76. The SMILES string of the molecule is O=C([O-])c1cccc2cccc(Br)c12.O=C([O-])c1cccc2cccc(Br)c12.[Hg+2]. The van der Waals surface area contributed by atoms with Gasteiger partial charge in [0.1, 0.15) is 0 Å². The van der Waals surface area contributed by atoms with Crippen LogP contribution in [0.4, 0.5) is 0 Å². The molecule has 4 aromatic rings. The van der Waals surface area contributed by atoms with Gasteiger partial charge in [0, 0.05) is 30.8 Å². The molecule has 0 radical (unpaired) electrons. The van der Waals surface area contributed by atoms with Gasteiger partial charge >= 0.3 is 27.7 Å². The molecular formula is C22H12Br2HgO4. The van der Waals surface area contributed by atoms with Gasteiger partial charge in [0.15, 0.2) is 0 Å². The van der Waals surface area contributed by atoms with Crippen molar-refractivity contribution in [1.82, 2.24) is 0 Å². The molecule has 0 spiro atoms. The van der Waals surface area contributed by atoms with Crippen molar-refractivity contribution in [3.8, 4) is 0 Å². The molecule has 7 heteroatoms. The van der Waals surface area contributed by atoms with E-state index in [1.165, 1.54) is 0 Å². The number of benzene rings is 4. The summed E-state index contributed by atoms with van der Waals surface area (Å²) in [6.07, 6.45) is 0. The molecule has 0 saturated heterocycles. The number of carboxylic acid groups (broad SMARTS) is 2. The number of carbonyl (C=O) groups is 2. The molecule has 0 heterocycles. The third-order valence-electron chi connectivity index (χ3n) is 4.15. The second kappa shape index (κ2) is 10.3. The van der Waals surface area contributed by atoms with Gasteiger partial charge in [0.25, 0.3) is 0 Å². The Morgan fingerprint density at radius 1 is 0.586 bits per heavy atom. The first kappa shape index (κ1) is 23.5. The summed E-state index contributed by atoms with van der Waals surface area (Å²) in [5.41, 5.74) is 0.435. The summed E-state index contributed by atoms with van der Waals surface area (Å²) in [6, 6.07) is 21.3. The van der Waals surface area contributed by atoms with Gasteiger partial charge in [0.2, 0.25) is 0 Å². The molecular weight excluding hydrogens is 689 g/mol. The molecule has 29 heavy (non-hydrogen) atoms. The van der Waals surface area contributed by atoms with E-state index in [9.17, 15) is 19.8 Å². The third-order valence-corrected chi connectivity index (χ3v) is 5.47. The topological polar surface area (TPSA) is 80.3 Å². The van der Waals surface area contributed by atoms with Gasteiger partial charge in [-0.15, -0.1) is 0 Å². The molecule has 0 aliphatic heterocycles. The van der Waals surface area contributed by atoms with Crippen molar-refractivity contribution in [2.45, 2.75) is 0 Å². The van der Waals surface area contributed by atoms with Crippen LogP contribution in [0.2, 0.25) is 0 Å². The van der Waals surface area contributed by atoms with E-state index in [0.717, 1.165) is 19.7 Å². The van der Waals surface area contributed by atoms with E-state index in [2.05, 4.69) is 31.9 Å². The molecule has 4 aromatic carbocycles. The smallest absolute Gasteiger partial charge is 0.545 e. The fourth-order valence-corrected chi connectivity index (χ4v) is 4.12. The summed E-state index contributed by atoms with van der Waals surface area (Å²) in [6.45, 7) is 0. The van der Waals surface area contributed by atoms with Crippen LogP contribution in [0.15, 0.2) is 81.7 Å². The monoisotopic (exact) mass is 700 g/mol. The number of halogens is 2. The minimum Gasteiger partial charge on any atom is -0.545 e. The van der Waals surface area contributed by atoms with Crippen LogP contribution in [0.1, 0.15) is 20.7 Å². The van der Waals surface area contributed by atoms with Gasteiger partial charge < -0.3 is 19.8 Å². The number of rotatable bonds is 2. The van der Waals surface area contributed by atoms with E-state index >= 15 is 0 Å². The summed E-state index contributed by atoms with van der Waals surface area (Å²) in [7, 11) is 0. The zero-order chi connectivity index (χ0) is 20.3. The maximum absolute atomic E-state index is 10.8. The minimum atomic E-state index is -1.15. The molecule has 4 rings (SSSR count). The van der Waals surface area contributed by atoms with Gasteiger partial charge in [-0.3, -0.25) is 0 Å². The van der Waals surface area contributed by atoms with Crippen molar-refractivity contribution in [2.75, 3.05) is 0 Å². The molecule has 0 aliphatic carbocycles. The predicted molar refractivity (Wildman–Crippen MR) is 112 cm³/mol. The molecule has 0 amide bonds. The minimum absolute atomic E-state index is 0. The quantitative estimate of drug-likeness (QED) is 0.297. The Labute approximate surface area is 204 Å². The summed E-state index contributed by atoms with van der Waals surface area (Å²) in [4.78, 5) is 21.7. The number of carboxylic acids is 2. The number of hydrogen-bond donors (Lipinski definition) is 0. The number of fused-ring (bicyclic) bond motifs is 2. The van der Waals surface area contributed by atoms with Crippen LogP contribution in [0, 0.1) is 0 Å². The number of aromatic carboxylic acids is 2. The largest absolute Gasteiger partial charge is 2.00 e. The molecule has 0 aromatic heterocycles. The van der Waals surface area contributed by atoms with Crippen LogP contribution >= 0.6 is 31.9 Å². The van der Waals surface area contributed by atoms with Crippen molar-refractivity contribution < 1.29 is 47.5 Å². The standard InChI is InChI=1S/2C11H7BrO2.Hg/c2*12-9-6-2-4-7-3-1-5-8(10(7)9)11(13)14;/h2*1-6H,(H,13,14);/q;;+2/p-2. The van der Waals surface area contributed by atoms with Crippen molar-refractivity contribution in [3.05, 3.63) is 92.9 Å². The summed E-state index contributed by atoms with van der Waals surface area (Å²) >= 11 is 6.65. The second-order valence-electron chi connectivity index (χ2n) is 5.86.